The highest BCUT2D eigenvalue weighted by atomic mass is 35.5. The number of aliphatic imine (C=N–C) groups is 2. The normalized spacial score (nSPS) is 14.9. The lowest BCUT2D eigenvalue weighted by Gasteiger charge is -2.14. The summed E-state index contributed by atoms with van der Waals surface area (Å²) in [5.74, 6) is 0. The summed E-state index contributed by atoms with van der Waals surface area (Å²) in [6.07, 6.45) is 13.7. The zero-order chi connectivity index (χ0) is 21.8. The van der Waals surface area contributed by atoms with Crippen LogP contribution < -0.4 is 0 Å². The molecule has 0 aliphatic carbocycles. The van der Waals surface area contributed by atoms with E-state index in [4.69, 9.17) is 16.3 Å². The monoisotopic (exact) mass is 422 g/mol. The first-order valence-electron chi connectivity index (χ1n) is 9.52. The number of allylic oxidation sites excluding steroid dienone is 4. The van der Waals surface area contributed by atoms with Gasteiger partial charge in [-0.15, -0.1) is 0 Å². The van der Waals surface area contributed by atoms with Crippen LogP contribution in [-0.2, 0) is 11.3 Å². The van der Waals surface area contributed by atoms with Gasteiger partial charge in [0, 0.05) is 61.2 Å². The van der Waals surface area contributed by atoms with E-state index in [-0.39, 0.29) is 0 Å². The molecule has 0 aromatic heterocycles. The standard InChI is InChI=1S/C24H27ClN4O/c1-5-24(28-15-19(2)25)22-10-8-20(9-11-22)17-30-18-23(16-29(4)26-3)21-7-6-13-27-14-12-21/h5,7-16H,1,3,6,17-18H2,2,4H3/b19-15+,23-16+,28-24?. The van der Waals surface area contributed by atoms with Gasteiger partial charge in [-0.05, 0) is 30.2 Å². The third kappa shape index (κ3) is 7.78. The lowest BCUT2D eigenvalue weighted by atomic mass is 10.1. The fraction of sp³-hybridized carbons (Fsp3) is 0.208. The van der Waals surface area contributed by atoms with Crippen LogP contribution in [0.5, 0.6) is 0 Å². The molecule has 0 saturated carbocycles. The zero-order valence-electron chi connectivity index (χ0n) is 17.5. The second kappa shape index (κ2) is 12.5. The predicted molar refractivity (Wildman–Crippen MR) is 128 cm³/mol. The highest BCUT2D eigenvalue weighted by Crippen LogP contribution is 2.17. The van der Waals surface area contributed by atoms with E-state index in [1.165, 1.54) is 0 Å². The second-order valence-electron chi connectivity index (χ2n) is 6.54. The molecule has 1 aliphatic heterocycles. The van der Waals surface area contributed by atoms with Crippen LogP contribution in [0, 0.1) is 0 Å². The van der Waals surface area contributed by atoms with E-state index < -0.39 is 0 Å². The lowest BCUT2D eigenvalue weighted by Crippen LogP contribution is -2.08. The maximum Gasteiger partial charge on any atom is 0.0742 e. The van der Waals surface area contributed by atoms with Crippen LogP contribution in [-0.4, -0.2) is 37.3 Å². The molecule has 156 valence electrons. The van der Waals surface area contributed by atoms with E-state index in [9.17, 15) is 0 Å². The molecule has 0 saturated heterocycles. The van der Waals surface area contributed by atoms with Crippen LogP contribution in [0.3, 0.4) is 0 Å². The summed E-state index contributed by atoms with van der Waals surface area (Å²) in [5, 5.41) is 6.19. The Labute approximate surface area is 183 Å². The molecule has 0 fully saturated rings. The Kier molecular flexibility index (Phi) is 9.71. The Bertz CT molecular complexity index is 917. The van der Waals surface area contributed by atoms with Crippen LogP contribution in [0.15, 0.2) is 98.9 Å². The lowest BCUT2D eigenvalue weighted by molar-refractivity contribution is 0.143. The van der Waals surface area contributed by atoms with Crippen LogP contribution in [0.25, 0.3) is 0 Å². The van der Waals surface area contributed by atoms with Gasteiger partial charge < -0.3 is 4.74 Å². The number of hydrazone groups is 1. The highest BCUT2D eigenvalue weighted by Gasteiger charge is 2.07. The molecule has 0 atom stereocenters. The van der Waals surface area contributed by atoms with Crippen molar-refractivity contribution in [3.05, 3.63) is 95.0 Å². The Morgan fingerprint density at radius 3 is 2.77 bits per heavy atom. The third-order valence-electron chi connectivity index (χ3n) is 4.18. The van der Waals surface area contributed by atoms with Crippen molar-refractivity contribution in [3.8, 4) is 0 Å². The van der Waals surface area contributed by atoms with Crippen molar-refractivity contribution in [1.29, 1.82) is 0 Å². The summed E-state index contributed by atoms with van der Waals surface area (Å²) in [6.45, 7) is 10.1. The zero-order valence-corrected chi connectivity index (χ0v) is 18.2. The van der Waals surface area contributed by atoms with Crippen LogP contribution in [0.1, 0.15) is 24.5 Å². The molecule has 1 aromatic carbocycles. The molecule has 2 rings (SSSR count). The molecule has 0 bridgehead atoms. The molecule has 1 aliphatic rings. The van der Waals surface area contributed by atoms with E-state index in [0.29, 0.717) is 18.2 Å². The van der Waals surface area contributed by atoms with Gasteiger partial charge in [0.25, 0.3) is 0 Å². The van der Waals surface area contributed by atoms with E-state index in [1.54, 1.807) is 30.4 Å². The van der Waals surface area contributed by atoms with Gasteiger partial charge in [-0.3, -0.25) is 15.0 Å². The first-order valence-corrected chi connectivity index (χ1v) is 9.89. The number of rotatable bonds is 10. The number of ether oxygens (including phenoxy) is 1. The van der Waals surface area contributed by atoms with Gasteiger partial charge in [-0.2, -0.15) is 5.10 Å². The highest BCUT2D eigenvalue weighted by molar-refractivity contribution is 6.29. The van der Waals surface area contributed by atoms with Crippen molar-refractivity contribution in [2.45, 2.75) is 20.0 Å². The Morgan fingerprint density at radius 1 is 1.33 bits per heavy atom. The molecule has 0 unspecified atom stereocenters. The van der Waals surface area contributed by atoms with Crippen molar-refractivity contribution in [3.63, 3.8) is 0 Å². The maximum absolute atomic E-state index is 5.98. The maximum atomic E-state index is 5.98. The smallest absolute Gasteiger partial charge is 0.0742 e. The Hall–Kier alpha value is -3.02. The van der Waals surface area contributed by atoms with Crippen LogP contribution >= 0.6 is 11.6 Å². The minimum Gasteiger partial charge on any atom is -0.372 e. The minimum absolute atomic E-state index is 0.441. The van der Waals surface area contributed by atoms with Crippen LogP contribution in [0.2, 0.25) is 0 Å². The molecule has 0 spiro atoms. The molecular formula is C24H27ClN4O. The number of halogens is 1. The summed E-state index contributed by atoms with van der Waals surface area (Å²) < 4.78 is 5.98. The SMILES string of the molecule is C=CC(=N/C=C(\C)Cl)c1ccc(COC/C(=C\N(C)N=C)C2=CCC=NC=C2)cc1. The summed E-state index contributed by atoms with van der Waals surface area (Å²) in [6, 6.07) is 8.03. The van der Waals surface area contributed by atoms with Gasteiger partial charge in [-0.25, -0.2) is 0 Å². The largest absolute Gasteiger partial charge is 0.372 e. The minimum atomic E-state index is 0.441. The van der Waals surface area contributed by atoms with Crippen molar-refractivity contribution >= 4 is 30.2 Å². The molecule has 6 heteroatoms. The van der Waals surface area contributed by atoms with E-state index in [1.807, 2.05) is 49.8 Å². The number of benzene rings is 1. The average Bonchev–Trinajstić information content (AvgIpc) is 3.03. The van der Waals surface area contributed by atoms with Crippen molar-refractivity contribution < 1.29 is 4.74 Å². The molecule has 30 heavy (non-hydrogen) atoms. The molecular weight excluding hydrogens is 396 g/mol. The molecule has 1 aromatic rings. The topological polar surface area (TPSA) is 49.5 Å². The molecule has 0 N–H and O–H groups in total. The average molecular weight is 423 g/mol. The van der Waals surface area contributed by atoms with Gasteiger partial charge >= 0.3 is 0 Å². The van der Waals surface area contributed by atoms with Gasteiger partial charge in [0.15, 0.2) is 0 Å². The van der Waals surface area contributed by atoms with Gasteiger partial charge in [0.2, 0.25) is 0 Å². The number of hydrogen-bond acceptors (Lipinski definition) is 5. The van der Waals surface area contributed by atoms with Gasteiger partial charge in [0.05, 0.1) is 18.9 Å². The summed E-state index contributed by atoms with van der Waals surface area (Å²) in [4.78, 5) is 8.53. The summed E-state index contributed by atoms with van der Waals surface area (Å²) in [5.41, 5.74) is 4.87. The third-order valence-corrected chi connectivity index (χ3v) is 4.27. The molecule has 1 heterocycles. The number of hydrogen-bond donors (Lipinski definition) is 0. The summed E-state index contributed by atoms with van der Waals surface area (Å²) >= 11 is 5.85. The Morgan fingerprint density at radius 2 is 2.10 bits per heavy atom. The summed E-state index contributed by atoms with van der Waals surface area (Å²) in [7, 11) is 1.84. The molecule has 0 amide bonds. The quantitative estimate of drug-likeness (QED) is 0.362. The van der Waals surface area contributed by atoms with Gasteiger partial charge in [0.1, 0.15) is 0 Å². The van der Waals surface area contributed by atoms with E-state index in [2.05, 4.69) is 34.5 Å². The Balaban J connectivity index is 2.04. The second-order valence-corrected chi connectivity index (χ2v) is 7.13. The molecule has 0 radical (unpaired) electrons. The van der Waals surface area contributed by atoms with Crippen molar-refractivity contribution in [2.24, 2.45) is 15.1 Å². The first-order chi connectivity index (χ1) is 14.5. The van der Waals surface area contributed by atoms with Gasteiger partial charge in [-0.1, -0.05) is 48.5 Å². The van der Waals surface area contributed by atoms with Crippen molar-refractivity contribution in [2.75, 3.05) is 13.7 Å². The molecule has 5 nitrogen and oxygen atoms in total. The van der Waals surface area contributed by atoms with Crippen molar-refractivity contribution in [1.82, 2.24) is 5.01 Å². The predicted octanol–water partition coefficient (Wildman–Crippen LogP) is 5.62. The van der Waals surface area contributed by atoms with E-state index in [0.717, 1.165) is 34.4 Å². The fourth-order valence-electron chi connectivity index (χ4n) is 2.65. The van der Waals surface area contributed by atoms with E-state index >= 15 is 0 Å². The van der Waals surface area contributed by atoms with Crippen LogP contribution in [0.4, 0.5) is 0 Å². The first kappa shape index (κ1) is 23.3. The fourth-order valence-corrected chi connectivity index (χ4v) is 2.70. The number of nitrogens with zero attached hydrogens (tertiary/aromatic N) is 4.